The van der Waals surface area contributed by atoms with Gasteiger partial charge in [0, 0.05) is 23.1 Å². The molecule has 0 atom stereocenters. The highest BCUT2D eigenvalue weighted by molar-refractivity contribution is 9.10. The molecule has 1 fully saturated rings. The summed E-state index contributed by atoms with van der Waals surface area (Å²) in [5, 5.41) is 10.3. The highest BCUT2D eigenvalue weighted by Crippen LogP contribution is 2.49. The Morgan fingerprint density at radius 3 is 2.35 bits per heavy atom. The van der Waals surface area contributed by atoms with Crippen LogP contribution in [0.1, 0.15) is 42.4 Å². The van der Waals surface area contributed by atoms with Crippen LogP contribution in [0.2, 0.25) is 0 Å². The highest BCUT2D eigenvalue weighted by Gasteiger charge is 2.42. The smallest absolute Gasteiger partial charge is 0.137 e. The molecule has 0 saturated heterocycles. The number of benzene rings is 1. The predicted octanol–water partition coefficient (Wildman–Crippen LogP) is 3.17. The van der Waals surface area contributed by atoms with E-state index in [1.165, 1.54) is 16.7 Å². The van der Waals surface area contributed by atoms with Crippen molar-refractivity contribution in [2.45, 2.75) is 50.5 Å². The van der Waals surface area contributed by atoms with Crippen LogP contribution in [0.5, 0.6) is 11.5 Å². The number of halogens is 1. The van der Waals surface area contributed by atoms with Crippen molar-refractivity contribution in [3.63, 3.8) is 0 Å². The van der Waals surface area contributed by atoms with Crippen molar-refractivity contribution in [2.24, 2.45) is 0 Å². The first-order chi connectivity index (χ1) is 9.68. The summed E-state index contributed by atoms with van der Waals surface area (Å²) < 4.78 is 13.0. The van der Waals surface area contributed by atoms with E-state index in [1.54, 1.807) is 0 Å². The van der Waals surface area contributed by atoms with Crippen molar-refractivity contribution in [1.82, 2.24) is 0 Å². The second-order valence-electron chi connectivity index (χ2n) is 6.21. The minimum absolute atomic E-state index is 0.492. The van der Waals surface area contributed by atoms with Gasteiger partial charge in [-0.2, -0.15) is 0 Å². The van der Waals surface area contributed by atoms with E-state index in [0.29, 0.717) is 6.42 Å². The average Bonchev–Trinajstić information content (AvgIpc) is 3.21. The van der Waals surface area contributed by atoms with Crippen LogP contribution in [0.25, 0.3) is 0 Å². The van der Waals surface area contributed by atoms with Gasteiger partial charge in [-0.1, -0.05) is 0 Å². The third-order valence-electron chi connectivity index (χ3n) is 4.62. The number of fused-ring (bicyclic) bond motifs is 2. The van der Waals surface area contributed by atoms with E-state index in [1.807, 2.05) is 0 Å². The first-order valence-electron chi connectivity index (χ1n) is 7.52. The van der Waals surface area contributed by atoms with E-state index in [2.05, 4.69) is 15.9 Å². The lowest BCUT2D eigenvalue weighted by atomic mass is 9.89. The summed E-state index contributed by atoms with van der Waals surface area (Å²) in [5.41, 5.74) is 3.20. The van der Waals surface area contributed by atoms with Gasteiger partial charge in [-0.3, -0.25) is 0 Å². The van der Waals surface area contributed by atoms with Crippen LogP contribution >= 0.6 is 15.9 Å². The molecule has 108 valence electrons. The zero-order valence-corrected chi connectivity index (χ0v) is 13.1. The van der Waals surface area contributed by atoms with Crippen molar-refractivity contribution in [3.8, 4) is 11.5 Å². The summed E-state index contributed by atoms with van der Waals surface area (Å²) in [7, 11) is 0. The molecular formula is C16H19BrO3. The number of hydrogen-bond acceptors (Lipinski definition) is 3. The molecule has 1 aromatic rings. The van der Waals surface area contributed by atoms with Crippen LogP contribution in [0, 0.1) is 0 Å². The van der Waals surface area contributed by atoms with Crippen LogP contribution < -0.4 is 9.47 Å². The third-order valence-corrected chi connectivity index (χ3v) is 5.46. The Balaban J connectivity index is 1.89. The van der Waals surface area contributed by atoms with Gasteiger partial charge in [0.2, 0.25) is 0 Å². The molecule has 1 N–H and O–H groups in total. The van der Waals surface area contributed by atoms with E-state index >= 15 is 0 Å². The van der Waals surface area contributed by atoms with E-state index < -0.39 is 5.60 Å². The highest BCUT2D eigenvalue weighted by atomic mass is 79.9. The molecule has 2 aliphatic heterocycles. The topological polar surface area (TPSA) is 38.7 Å². The maximum Gasteiger partial charge on any atom is 0.137 e. The standard InChI is InChI=1S/C16H19BrO3/c17-13-11-4-2-7-19-14(11)12(9-16(18)5-6-16)10-3-1-8-20-15(10)13/h18H,1-9H2. The van der Waals surface area contributed by atoms with E-state index in [-0.39, 0.29) is 0 Å². The molecule has 20 heavy (non-hydrogen) atoms. The monoisotopic (exact) mass is 338 g/mol. The molecule has 3 aliphatic rings. The Morgan fingerprint density at radius 1 is 1.00 bits per heavy atom. The fraction of sp³-hybridized carbons (Fsp3) is 0.625. The first kappa shape index (κ1) is 13.0. The summed E-state index contributed by atoms with van der Waals surface area (Å²) in [6.07, 6.45) is 6.68. The Morgan fingerprint density at radius 2 is 1.65 bits per heavy atom. The molecule has 0 aromatic heterocycles. The summed E-state index contributed by atoms with van der Waals surface area (Å²) in [4.78, 5) is 0. The molecule has 1 aromatic carbocycles. The van der Waals surface area contributed by atoms with Crippen molar-refractivity contribution in [3.05, 3.63) is 21.2 Å². The van der Waals surface area contributed by atoms with Gasteiger partial charge in [-0.25, -0.2) is 0 Å². The molecule has 2 heterocycles. The molecule has 1 saturated carbocycles. The molecule has 0 bridgehead atoms. The van der Waals surface area contributed by atoms with E-state index in [4.69, 9.17) is 9.47 Å². The van der Waals surface area contributed by atoms with Crippen molar-refractivity contribution in [1.29, 1.82) is 0 Å². The average molecular weight is 339 g/mol. The summed E-state index contributed by atoms with van der Waals surface area (Å²) in [5.74, 6) is 2.02. The van der Waals surface area contributed by atoms with Gasteiger partial charge >= 0.3 is 0 Å². The Hall–Kier alpha value is -0.740. The van der Waals surface area contributed by atoms with Crippen LogP contribution in [0.3, 0.4) is 0 Å². The SMILES string of the molecule is OC1(Cc2c3c(c(Br)c4c2OCCC4)OCCC3)CC1. The second kappa shape index (κ2) is 4.63. The summed E-state index contributed by atoms with van der Waals surface area (Å²) in [6, 6.07) is 0. The van der Waals surface area contributed by atoms with Crippen molar-refractivity contribution in [2.75, 3.05) is 13.2 Å². The van der Waals surface area contributed by atoms with Gasteiger partial charge in [0.15, 0.2) is 0 Å². The van der Waals surface area contributed by atoms with Gasteiger partial charge in [0.25, 0.3) is 0 Å². The molecule has 3 nitrogen and oxygen atoms in total. The molecule has 0 unspecified atom stereocenters. The lowest BCUT2D eigenvalue weighted by Gasteiger charge is -2.30. The molecule has 4 heteroatoms. The minimum Gasteiger partial charge on any atom is -0.493 e. The minimum atomic E-state index is -0.492. The van der Waals surface area contributed by atoms with Crippen molar-refractivity contribution < 1.29 is 14.6 Å². The van der Waals surface area contributed by atoms with Gasteiger partial charge in [-0.05, 0) is 54.5 Å². The number of aliphatic hydroxyl groups is 1. The zero-order chi connectivity index (χ0) is 13.7. The van der Waals surface area contributed by atoms with Crippen LogP contribution in [-0.2, 0) is 19.3 Å². The largest absolute Gasteiger partial charge is 0.493 e. The maximum absolute atomic E-state index is 10.3. The molecule has 0 radical (unpaired) electrons. The van der Waals surface area contributed by atoms with Gasteiger partial charge < -0.3 is 14.6 Å². The van der Waals surface area contributed by atoms with Crippen LogP contribution in [0.4, 0.5) is 0 Å². The zero-order valence-electron chi connectivity index (χ0n) is 11.5. The van der Waals surface area contributed by atoms with Gasteiger partial charge in [0.05, 0.1) is 23.3 Å². The molecular weight excluding hydrogens is 320 g/mol. The fourth-order valence-electron chi connectivity index (χ4n) is 3.32. The number of ether oxygens (including phenoxy) is 2. The van der Waals surface area contributed by atoms with Gasteiger partial charge in [-0.15, -0.1) is 0 Å². The van der Waals surface area contributed by atoms with Crippen molar-refractivity contribution >= 4 is 15.9 Å². The second-order valence-corrected chi connectivity index (χ2v) is 7.01. The predicted molar refractivity (Wildman–Crippen MR) is 79.7 cm³/mol. The Kier molecular flexibility index (Phi) is 3.00. The lowest BCUT2D eigenvalue weighted by Crippen LogP contribution is -2.21. The van der Waals surface area contributed by atoms with E-state index in [9.17, 15) is 5.11 Å². The normalized spacial score (nSPS) is 22.3. The molecule has 0 spiro atoms. The van der Waals surface area contributed by atoms with Crippen LogP contribution in [-0.4, -0.2) is 23.9 Å². The Labute approximate surface area is 127 Å². The number of hydrogen-bond donors (Lipinski definition) is 1. The maximum atomic E-state index is 10.3. The summed E-state index contributed by atoms with van der Waals surface area (Å²) in [6.45, 7) is 1.57. The molecule has 1 aliphatic carbocycles. The van der Waals surface area contributed by atoms with Gasteiger partial charge in [0.1, 0.15) is 11.5 Å². The third kappa shape index (κ3) is 2.04. The first-order valence-corrected chi connectivity index (χ1v) is 8.31. The summed E-state index contributed by atoms with van der Waals surface area (Å²) >= 11 is 3.71. The quantitative estimate of drug-likeness (QED) is 0.900. The molecule has 4 rings (SSSR count). The number of rotatable bonds is 2. The molecule has 0 amide bonds. The lowest BCUT2D eigenvalue weighted by molar-refractivity contribution is 0.148. The van der Waals surface area contributed by atoms with E-state index in [0.717, 1.165) is 67.7 Å². The fourth-order valence-corrected chi connectivity index (χ4v) is 4.05. The Bertz CT molecular complexity index is 526. The van der Waals surface area contributed by atoms with Crippen LogP contribution in [0.15, 0.2) is 4.47 Å².